The fraction of sp³-hybridized carbons (Fsp3) is 0.316. The third kappa shape index (κ3) is 4.45. The molecule has 1 atom stereocenters. The summed E-state index contributed by atoms with van der Waals surface area (Å²) in [5.74, 6) is 1.82. The summed E-state index contributed by atoms with van der Waals surface area (Å²) in [6.45, 7) is 4.37. The molecule has 0 aromatic heterocycles. The van der Waals surface area contributed by atoms with Gasteiger partial charge in [-0.15, -0.1) is 0 Å². The fourth-order valence-electron chi connectivity index (χ4n) is 2.68. The van der Waals surface area contributed by atoms with Gasteiger partial charge in [-0.25, -0.2) is 0 Å². The average Bonchev–Trinajstić information content (AvgIpc) is 2.94. The number of anilines is 1. The van der Waals surface area contributed by atoms with Gasteiger partial charge in [-0.1, -0.05) is 15.9 Å². The summed E-state index contributed by atoms with van der Waals surface area (Å²) in [5.41, 5.74) is 1.69. The lowest BCUT2D eigenvalue weighted by atomic mass is 10.1. The standard InChI is InChI=1S/C19H20BrNO4/c1-3-23-18-9-13-8-12(2)25-17(13)10-16(18)21-19(22)11-24-15-6-4-14(20)5-7-15/h4-7,9-10,12H,3,8,11H2,1-2H3,(H,21,22)/t12-/m0/s1. The highest BCUT2D eigenvalue weighted by Crippen LogP contribution is 2.38. The van der Waals surface area contributed by atoms with Crippen LogP contribution in [0.3, 0.4) is 0 Å². The normalized spacial score (nSPS) is 15.2. The second-order valence-corrected chi connectivity index (χ2v) is 6.73. The molecule has 132 valence electrons. The first-order valence-electron chi connectivity index (χ1n) is 8.19. The zero-order valence-corrected chi connectivity index (χ0v) is 15.8. The highest BCUT2D eigenvalue weighted by Gasteiger charge is 2.22. The van der Waals surface area contributed by atoms with Crippen molar-refractivity contribution in [1.82, 2.24) is 0 Å². The first kappa shape index (κ1) is 17.6. The molecule has 0 saturated carbocycles. The minimum atomic E-state index is -0.255. The Morgan fingerprint density at radius 1 is 1.28 bits per heavy atom. The molecular weight excluding hydrogens is 386 g/mol. The Labute approximate surface area is 155 Å². The van der Waals surface area contributed by atoms with E-state index in [2.05, 4.69) is 21.2 Å². The van der Waals surface area contributed by atoms with Crippen molar-refractivity contribution in [1.29, 1.82) is 0 Å². The third-order valence-corrected chi connectivity index (χ3v) is 4.28. The number of hydrogen-bond donors (Lipinski definition) is 1. The molecule has 0 aliphatic carbocycles. The highest BCUT2D eigenvalue weighted by atomic mass is 79.9. The molecule has 1 amide bonds. The van der Waals surface area contributed by atoms with Crippen molar-refractivity contribution in [2.24, 2.45) is 0 Å². The molecule has 1 aliphatic heterocycles. The van der Waals surface area contributed by atoms with Crippen LogP contribution < -0.4 is 19.5 Å². The van der Waals surface area contributed by atoms with Crippen LogP contribution in [0.4, 0.5) is 5.69 Å². The van der Waals surface area contributed by atoms with Crippen molar-refractivity contribution in [3.63, 3.8) is 0 Å². The number of carbonyl (C=O) groups excluding carboxylic acids is 1. The topological polar surface area (TPSA) is 56.8 Å². The Morgan fingerprint density at radius 2 is 2.04 bits per heavy atom. The second-order valence-electron chi connectivity index (χ2n) is 5.81. The number of rotatable bonds is 6. The summed E-state index contributed by atoms with van der Waals surface area (Å²) >= 11 is 3.36. The first-order valence-corrected chi connectivity index (χ1v) is 8.99. The second kappa shape index (κ2) is 7.78. The Hall–Kier alpha value is -2.21. The SMILES string of the molecule is CCOc1cc2c(cc1NC(=O)COc1ccc(Br)cc1)O[C@@H](C)C2. The van der Waals surface area contributed by atoms with E-state index < -0.39 is 0 Å². The molecule has 1 heterocycles. The van der Waals surface area contributed by atoms with Crippen molar-refractivity contribution >= 4 is 27.5 Å². The maximum absolute atomic E-state index is 12.2. The van der Waals surface area contributed by atoms with Crippen molar-refractivity contribution in [3.8, 4) is 17.2 Å². The number of benzene rings is 2. The van der Waals surface area contributed by atoms with E-state index in [0.29, 0.717) is 23.8 Å². The summed E-state index contributed by atoms with van der Waals surface area (Å²) in [5, 5.41) is 2.84. The monoisotopic (exact) mass is 405 g/mol. The number of nitrogens with one attached hydrogen (secondary N) is 1. The van der Waals surface area contributed by atoms with Gasteiger partial charge in [0, 0.05) is 22.5 Å². The number of ether oxygens (including phenoxy) is 3. The van der Waals surface area contributed by atoms with Crippen LogP contribution in [-0.4, -0.2) is 25.2 Å². The molecule has 0 fully saturated rings. The van der Waals surface area contributed by atoms with E-state index >= 15 is 0 Å². The lowest BCUT2D eigenvalue weighted by Gasteiger charge is -2.14. The quantitative estimate of drug-likeness (QED) is 0.782. The van der Waals surface area contributed by atoms with Crippen LogP contribution in [-0.2, 0) is 11.2 Å². The molecule has 25 heavy (non-hydrogen) atoms. The minimum Gasteiger partial charge on any atom is -0.492 e. The summed E-state index contributed by atoms with van der Waals surface area (Å²) in [6.07, 6.45) is 0.979. The third-order valence-electron chi connectivity index (χ3n) is 3.76. The van der Waals surface area contributed by atoms with Crippen LogP contribution in [0.15, 0.2) is 40.9 Å². The molecule has 2 aromatic rings. The van der Waals surface area contributed by atoms with Crippen molar-refractivity contribution < 1.29 is 19.0 Å². The molecule has 0 bridgehead atoms. The molecular formula is C19H20BrNO4. The van der Waals surface area contributed by atoms with E-state index in [4.69, 9.17) is 14.2 Å². The van der Waals surface area contributed by atoms with Gasteiger partial charge in [0.2, 0.25) is 0 Å². The van der Waals surface area contributed by atoms with Gasteiger partial charge in [-0.05, 0) is 44.2 Å². The van der Waals surface area contributed by atoms with Crippen LogP contribution in [0.2, 0.25) is 0 Å². The van der Waals surface area contributed by atoms with E-state index in [9.17, 15) is 4.79 Å². The largest absolute Gasteiger partial charge is 0.492 e. The van der Waals surface area contributed by atoms with Crippen LogP contribution in [0.1, 0.15) is 19.4 Å². The summed E-state index contributed by atoms with van der Waals surface area (Å²) in [4.78, 5) is 12.2. The van der Waals surface area contributed by atoms with Gasteiger partial charge in [-0.2, -0.15) is 0 Å². The van der Waals surface area contributed by atoms with E-state index in [1.807, 2.05) is 38.1 Å². The molecule has 1 aliphatic rings. The maximum atomic E-state index is 12.2. The van der Waals surface area contributed by atoms with Gasteiger partial charge in [0.05, 0.1) is 12.3 Å². The summed E-state index contributed by atoms with van der Waals surface area (Å²) in [7, 11) is 0. The van der Waals surface area contributed by atoms with Crippen LogP contribution in [0.5, 0.6) is 17.2 Å². The average molecular weight is 406 g/mol. The number of hydrogen-bond acceptors (Lipinski definition) is 4. The Balaban J connectivity index is 1.67. The van der Waals surface area contributed by atoms with Gasteiger partial charge < -0.3 is 19.5 Å². The highest BCUT2D eigenvalue weighted by molar-refractivity contribution is 9.10. The molecule has 6 heteroatoms. The Morgan fingerprint density at radius 3 is 2.76 bits per heavy atom. The van der Waals surface area contributed by atoms with Gasteiger partial charge in [0.15, 0.2) is 6.61 Å². The van der Waals surface area contributed by atoms with Gasteiger partial charge in [0.25, 0.3) is 5.91 Å². The number of fused-ring (bicyclic) bond motifs is 1. The zero-order valence-electron chi connectivity index (χ0n) is 14.2. The van der Waals surface area contributed by atoms with Gasteiger partial charge in [-0.3, -0.25) is 4.79 Å². The van der Waals surface area contributed by atoms with E-state index in [-0.39, 0.29) is 18.6 Å². The van der Waals surface area contributed by atoms with Crippen molar-refractivity contribution in [2.45, 2.75) is 26.4 Å². The molecule has 0 saturated heterocycles. The zero-order chi connectivity index (χ0) is 17.8. The molecule has 3 rings (SSSR count). The maximum Gasteiger partial charge on any atom is 0.262 e. The number of amides is 1. The van der Waals surface area contributed by atoms with E-state index in [1.165, 1.54) is 0 Å². The predicted molar refractivity (Wildman–Crippen MR) is 99.7 cm³/mol. The van der Waals surface area contributed by atoms with Crippen molar-refractivity contribution in [3.05, 3.63) is 46.4 Å². The Bertz CT molecular complexity index is 761. The molecule has 2 aromatic carbocycles. The minimum absolute atomic E-state index is 0.0818. The van der Waals surface area contributed by atoms with E-state index in [1.54, 1.807) is 12.1 Å². The first-order chi connectivity index (χ1) is 12.0. The van der Waals surface area contributed by atoms with Gasteiger partial charge in [0.1, 0.15) is 23.4 Å². The molecule has 0 unspecified atom stereocenters. The van der Waals surface area contributed by atoms with Crippen LogP contribution in [0.25, 0.3) is 0 Å². The van der Waals surface area contributed by atoms with Crippen LogP contribution in [0, 0.1) is 0 Å². The molecule has 1 N–H and O–H groups in total. The fourth-order valence-corrected chi connectivity index (χ4v) is 2.94. The molecule has 0 radical (unpaired) electrons. The van der Waals surface area contributed by atoms with Gasteiger partial charge >= 0.3 is 0 Å². The summed E-state index contributed by atoms with van der Waals surface area (Å²) in [6, 6.07) is 11.1. The lowest BCUT2D eigenvalue weighted by Crippen LogP contribution is -2.20. The number of carbonyl (C=O) groups is 1. The molecule has 5 nitrogen and oxygen atoms in total. The lowest BCUT2D eigenvalue weighted by molar-refractivity contribution is -0.118. The number of halogens is 1. The van der Waals surface area contributed by atoms with Crippen molar-refractivity contribution in [2.75, 3.05) is 18.5 Å². The van der Waals surface area contributed by atoms with E-state index in [0.717, 1.165) is 22.2 Å². The van der Waals surface area contributed by atoms with Crippen LogP contribution >= 0.6 is 15.9 Å². The summed E-state index contributed by atoms with van der Waals surface area (Å²) < 4.78 is 17.9. The molecule has 0 spiro atoms. The smallest absolute Gasteiger partial charge is 0.262 e. The Kier molecular flexibility index (Phi) is 5.48. The predicted octanol–water partition coefficient (Wildman–Crippen LogP) is 4.19.